The summed E-state index contributed by atoms with van der Waals surface area (Å²) < 4.78 is 20.3. The summed E-state index contributed by atoms with van der Waals surface area (Å²) >= 11 is 0. The van der Waals surface area contributed by atoms with Crippen molar-refractivity contribution in [3.8, 4) is 0 Å². The molecule has 0 radical (unpaired) electrons. The number of nitrogens with one attached hydrogen (secondary N) is 1. The minimum atomic E-state index is 0.171. The predicted octanol–water partition coefficient (Wildman–Crippen LogP) is 9.38. The summed E-state index contributed by atoms with van der Waals surface area (Å²) in [7, 11) is 0. The molecule has 7 nitrogen and oxygen atoms in total. The summed E-state index contributed by atoms with van der Waals surface area (Å²) in [5, 5.41) is 3.80. The van der Waals surface area contributed by atoms with E-state index in [-0.39, 0.29) is 11.5 Å². The number of ether oxygens (including phenoxy) is 3. The van der Waals surface area contributed by atoms with Crippen LogP contribution in [0.25, 0.3) is 0 Å². The number of unbranched alkanes of at least 4 members (excludes halogenated alkanes) is 8. The van der Waals surface area contributed by atoms with Gasteiger partial charge in [0.2, 0.25) is 0 Å². The first kappa shape index (κ1) is 46.1. The Kier molecular flexibility index (Phi) is 24.2. The first-order chi connectivity index (χ1) is 25.4. The van der Waals surface area contributed by atoms with Gasteiger partial charge in [-0.3, -0.25) is 0 Å². The smallest absolute Gasteiger partial charge is 0.0636 e. The summed E-state index contributed by atoms with van der Waals surface area (Å²) in [6, 6.07) is 0. The van der Waals surface area contributed by atoms with Crippen LogP contribution in [-0.4, -0.2) is 70.9 Å². The Balaban J connectivity index is 1.64. The molecular formula is C45H90N4O3. The quantitative estimate of drug-likeness (QED) is 0.0525. The van der Waals surface area contributed by atoms with Crippen molar-refractivity contribution in [3.63, 3.8) is 0 Å². The van der Waals surface area contributed by atoms with Crippen LogP contribution in [0.3, 0.4) is 0 Å². The Morgan fingerprint density at radius 2 is 1.37 bits per heavy atom. The molecule has 10 atom stereocenters. The van der Waals surface area contributed by atoms with Crippen molar-refractivity contribution in [2.75, 3.05) is 52.5 Å². The molecule has 0 aromatic carbocycles. The molecule has 3 aliphatic carbocycles. The first-order valence-corrected chi connectivity index (χ1v) is 23.1. The van der Waals surface area contributed by atoms with Gasteiger partial charge >= 0.3 is 0 Å². The number of hydrogen-bond donors (Lipinski definition) is 4. The van der Waals surface area contributed by atoms with Crippen molar-refractivity contribution in [2.45, 2.75) is 194 Å². The SMILES string of the molecule is CCCCCCCCCCCNCCC[C@@H](C)[C@H]1CC[C@H]2C([C@@H](CC3CCC[C@@H](OCCCN)C3)OCCCN)[C@@H](CC)C[C@H](OCCCN)[C@]12C. The second-order valence-electron chi connectivity index (χ2n) is 17.8. The molecule has 0 aliphatic heterocycles. The van der Waals surface area contributed by atoms with Gasteiger partial charge in [-0.15, -0.1) is 0 Å². The third kappa shape index (κ3) is 15.0. The second-order valence-corrected chi connectivity index (χ2v) is 17.8. The molecule has 3 fully saturated rings. The number of fused-ring (bicyclic) bond motifs is 1. The van der Waals surface area contributed by atoms with Crippen LogP contribution in [0.4, 0.5) is 0 Å². The highest BCUT2D eigenvalue weighted by Crippen LogP contribution is 2.63. The van der Waals surface area contributed by atoms with E-state index in [1.807, 2.05) is 0 Å². The van der Waals surface area contributed by atoms with Gasteiger partial charge in [0.1, 0.15) is 0 Å². The number of rotatable bonds is 31. The minimum Gasteiger partial charge on any atom is -0.378 e. The molecule has 0 amide bonds. The average molecular weight is 735 g/mol. The third-order valence-electron chi connectivity index (χ3n) is 14.1. The van der Waals surface area contributed by atoms with Gasteiger partial charge in [-0.25, -0.2) is 0 Å². The monoisotopic (exact) mass is 735 g/mol. The lowest BCUT2D eigenvalue weighted by Crippen LogP contribution is -2.56. The molecule has 0 saturated heterocycles. The van der Waals surface area contributed by atoms with Gasteiger partial charge in [-0.1, -0.05) is 98.3 Å². The third-order valence-corrected chi connectivity index (χ3v) is 14.1. The zero-order valence-corrected chi connectivity index (χ0v) is 35.1. The zero-order chi connectivity index (χ0) is 37.4. The lowest BCUT2D eigenvalue weighted by Gasteiger charge is -2.56. The Hall–Kier alpha value is -0.280. The lowest BCUT2D eigenvalue weighted by atomic mass is 9.53. The maximum Gasteiger partial charge on any atom is 0.0636 e. The number of hydrogen-bond acceptors (Lipinski definition) is 7. The largest absolute Gasteiger partial charge is 0.378 e. The maximum atomic E-state index is 7.02. The van der Waals surface area contributed by atoms with Gasteiger partial charge in [-0.05, 0) is 145 Å². The standard InChI is InChI=1S/C45H90N4O3/c1-5-7-8-9-10-11-12-13-14-28-49-29-16-20-36(3)40-23-24-41-44(38(6-2)35-43(45(40,41)4)52-32-19-27-48)42(51-31-18-26-47)34-37-21-15-22-39(33-37)50-30-17-25-46/h36-44,49H,5-35,46-48H2,1-4H3/t36-,37?,38+,39-,40-,41+,42-,43+,44?,45-/m1/s1. The van der Waals surface area contributed by atoms with E-state index in [0.717, 1.165) is 52.0 Å². The summed E-state index contributed by atoms with van der Waals surface area (Å²) in [5.74, 6) is 3.90. The van der Waals surface area contributed by atoms with Crippen LogP contribution in [-0.2, 0) is 14.2 Å². The Labute approximate surface area is 323 Å². The van der Waals surface area contributed by atoms with Gasteiger partial charge in [0, 0.05) is 25.2 Å². The molecule has 2 unspecified atom stereocenters. The van der Waals surface area contributed by atoms with Gasteiger partial charge in [0.05, 0.1) is 18.3 Å². The van der Waals surface area contributed by atoms with Crippen molar-refractivity contribution in [1.82, 2.24) is 5.32 Å². The van der Waals surface area contributed by atoms with E-state index < -0.39 is 0 Å². The molecule has 7 heteroatoms. The molecule has 0 heterocycles. The molecule has 0 bridgehead atoms. The highest BCUT2D eigenvalue weighted by Gasteiger charge is 2.61. The summed E-state index contributed by atoms with van der Waals surface area (Å²) in [5.41, 5.74) is 17.9. The molecule has 7 N–H and O–H groups in total. The van der Waals surface area contributed by atoms with E-state index in [0.29, 0.717) is 67.3 Å². The second kappa shape index (κ2) is 27.3. The van der Waals surface area contributed by atoms with Gasteiger partial charge in [-0.2, -0.15) is 0 Å². The Bertz CT molecular complexity index is 864. The maximum absolute atomic E-state index is 7.02. The van der Waals surface area contributed by atoms with Crippen LogP contribution in [0.2, 0.25) is 0 Å². The van der Waals surface area contributed by atoms with Gasteiger partial charge in [0.25, 0.3) is 0 Å². The lowest BCUT2D eigenvalue weighted by molar-refractivity contribution is -0.170. The molecule has 0 aromatic rings. The molecule has 3 saturated carbocycles. The van der Waals surface area contributed by atoms with E-state index in [2.05, 4.69) is 33.0 Å². The van der Waals surface area contributed by atoms with Crippen molar-refractivity contribution in [3.05, 3.63) is 0 Å². The van der Waals surface area contributed by atoms with E-state index in [1.165, 1.54) is 129 Å². The first-order valence-electron chi connectivity index (χ1n) is 23.1. The molecular weight excluding hydrogens is 645 g/mol. The molecule has 3 aliphatic rings. The Morgan fingerprint density at radius 1 is 0.712 bits per heavy atom. The fraction of sp³-hybridized carbons (Fsp3) is 1.00. The van der Waals surface area contributed by atoms with E-state index >= 15 is 0 Å². The zero-order valence-electron chi connectivity index (χ0n) is 35.1. The Morgan fingerprint density at radius 3 is 2.06 bits per heavy atom. The van der Waals surface area contributed by atoms with Crippen molar-refractivity contribution in [2.24, 2.45) is 58.1 Å². The summed E-state index contributed by atoms with van der Waals surface area (Å²) in [6.07, 6.45) is 30.1. The van der Waals surface area contributed by atoms with Crippen LogP contribution >= 0.6 is 0 Å². The highest BCUT2D eigenvalue weighted by molar-refractivity contribution is 5.09. The van der Waals surface area contributed by atoms with E-state index in [4.69, 9.17) is 31.4 Å². The van der Waals surface area contributed by atoms with Crippen molar-refractivity contribution < 1.29 is 14.2 Å². The molecule has 3 rings (SSSR count). The predicted molar refractivity (Wildman–Crippen MR) is 222 cm³/mol. The van der Waals surface area contributed by atoms with Crippen LogP contribution in [0, 0.1) is 40.9 Å². The van der Waals surface area contributed by atoms with Crippen molar-refractivity contribution >= 4 is 0 Å². The van der Waals surface area contributed by atoms with Gasteiger partial charge in [0.15, 0.2) is 0 Å². The van der Waals surface area contributed by atoms with Crippen molar-refractivity contribution in [1.29, 1.82) is 0 Å². The van der Waals surface area contributed by atoms with E-state index in [1.54, 1.807) is 0 Å². The molecule has 0 spiro atoms. The van der Waals surface area contributed by atoms with Crippen LogP contribution in [0.5, 0.6) is 0 Å². The molecule has 52 heavy (non-hydrogen) atoms. The average Bonchev–Trinajstić information content (AvgIpc) is 3.51. The normalized spacial score (nSPS) is 30.4. The van der Waals surface area contributed by atoms with Crippen LogP contribution in [0.15, 0.2) is 0 Å². The minimum absolute atomic E-state index is 0.171. The summed E-state index contributed by atoms with van der Waals surface area (Å²) in [4.78, 5) is 0. The highest BCUT2D eigenvalue weighted by atomic mass is 16.5. The fourth-order valence-electron chi connectivity index (χ4n) is 11.2. The number of nitrogens with two attached hydrogens (primary N) is 3. The molecule has 0 aromatic heterocycles. The molecule has 308 valence electrons. The fourth-order valence-corrected chi connectivity index (χ4v) is 11.2. The van der Waals surface area contributed by atoms with Crippen LogP contribution in [0.1, 0.15) is 175 Å². The summed E-state index contributed by atoms with van der Waals surface area (Å²) in [6.45, 7) is 16.8. The van der Waals surface area contributed by atoms with Gasteiger partial charge < -0.3 is 36.7 Å². The van der Waals surface area contributed by atoms with E-state index in [9.17, 15) is 0 Å². The van der Waals surface area contributed by atoms with Crippen LogP contribution < -0.4 is 22.5 Å². The topological polar surface area (TPSA) is 118 Å².